The Bertz CT molecular complexity index is 861. The van der Waals surface area contributed by atoms with E-state index in [0.717, 1.165) is 24.3 Å². The standard InChI is InChI=1S/C20H26N2O4S2/c1-26-16-9-7-15(8-10-16)22-17-12-28(24,25)13-18(17)27-20(22)21-19(23)11-14-5-3-2-4-6-14/h7-10,14,17-18H,2-6,11-13H2,1H3/t17-,18-/m1/s1. The van der Waals surface area contributed by atoms with Crippen molar-refractivity contribution in [2.45, 2.75) is 49.8 Å². The molecule has 1 aliphatic carbocycles. The number of thioether (sulfide) groups is 1. The highest BCUT2D eigenvalue weighted by Gasteiger charge is 2.49. The number of carbonyl (C=O) groups is 1. The molecule has 0 aromatic heterocycles. The Morgan fingerprint density at radius 2 is 1.89 bits per heavy atom. The van der Waals surface area contributed by atoms with E-state index in [4.69, 9.17) is 4.74 Å². The second-order valence-corrected chi connectivity index (χ2v) is 11.2. The van der Waals surface area contributed by atoms with Crippen molar-refractivity contribution in [2.75, 3.05) is 23.5 Å². The maximum atomic E-state index is 12.6. The highest BCUT2D eigenvalue weighted by Crippen LogP contribution is 2.41. The Kier molecular flexibility index (Phi) is 5.69. The van der Waals surface area contributed by atoms with Crippen molar-refractivity contribution in [3.63, 3.8) is 0 Å². The third-order valence-electron chi connectivity index (χ3n) is 5.83. The summed E-state index contributed by atoms with van der Waals surface area (Å²) in [5, 5.41) is 0.559. The molecule has 28 heavy (non-hydrogen) atoms. The average Bonchev–Trinajstić information content (AvgIpc) is 3.13. The number of amides is 1. The first-order chi connectivity index (χ1) is 13.4. The summed E-state index contributed by atoms with van der Waals surface area (Å²) in [5.41, 5.74) is 0.849. The second-order valence-electron chi connectivity index (χ2n) is 7.86. The molecule has 0 unspecified atom stereocenters. The van der Waals surface area contributed by atoms with Gasteiger partial charge < -0.3 is 9.64 Å². The summed E-state index contributed by atoms with van der Waals surface area (Å²) < 4.78 is 29.5. The maximum absolute atomic E-state index is 12.6. The first-order valence-electron chi connectivity index (χ1n) is 9.87. The van der Waals surface area contributed by atoms with E-state index in [1.807, 2.05) is 29.2 Å². The zero-order chi connectivity index (χ0) is 19.7. The van der Waals surface area contributed by atoms with Gasteiger partial charge in [-0.25, -0.2) is 8.42 Å². The van der Waals surface area contributed by atoms with Crippen LogP contribution >= 0.6 is 11.8 Å². The summed E-state index contributed by atoms with van der Waals surface area (Å²) in [6.07, 6.45) is 6.36. The lowest BCUT2D eigenvalue weighted by molar-refractivity contribution is -0.118. The van der Waals surface area contributed by atoms with Gasteiger partial charge in [0.1, 0.15) is 5.75 Å². The number of methoxy groups -OCH3 is 1. The number of carbonyl (C=O) groups excluding carboxylic acids is 1. The molecule has 0 spiro atoms. The van der Waals surface area contributed by atoms with Crippen molar-refractivity contribution < 1.29 is 17.9 Å². The van der Waals surface area contributed by atoms with Crippen molar-refractivity contribution in [3.8, 4) is 5.75 Å². The Hall–Kier alpha value is -1.54. The SMILES string of the molecule is COc1ccc(N2C(=NC(=O)CC3CCCCC3)S[C@@H]3CS(=O)(=O)C[C@H]32)cc1. The molecule has 2 heterocycles. The Morgan fingerprint density at radius 1 is 1.18 bits per heavy atom. The number of aliphatic imine (C=N–C) groups is 1. The number of sulfone groups is 1. The van der Waals surface area contributed by atoms with E-state index in [9.17, 15) is 13.2 Å². The van der Waals surface area contributed by atoms with E-state index in [1.165, 1.54) is 31.0 Å². The lowest BCUT2D eigenvalue weighted by Gasteiger charge is -2.25. The molecule has 152 valence electrons. The first-order valence-corrected chi connectivity index (χ1v) is 12.6. The zero-order valence-electron chi connectivity index (χ0n) is 16.0. The number of anilines is 1. The van der Waals surface area contributed by atoms with E-state index in [2.05, 4.69) is 4.99 Å². The number of rotatable bonds is 4. The molecule has 2 saturated heterocycles. The Balaban J connectivity index is 1.58. The van der Waals surface area contributed by atoms with Crippen LogP contribution in [0.4, 0.5) is 5.69 Å². The molecule has 1 aromatic carbocycles. The molecule has 2 aliphatic heterocycles. The monoisotopic (exact) mass is 422 g/mol. The summed E-state index contributed by atoms with van der Waals surface area (Å²) in [7, 11) is -1.45. The third-order valence-corrected chi connectivity index (χ3v) is 9.04. The summed E-state index contributed by atoms with van der Waals surface area (Å²) in [5.74, 6) is 1.33. The molecule has 3 aliphatic rings. The molecule has 0 N–H and O–H groups in total. The van der Waals surface area contributed by atoms with Crippen molar-refractivity contribution in [1.82, 2.24) is 0 Å². The van der Waals surface area contributed by atoms with E-state index in [-0.39, 0.29) is 28.7 Å². The molecule has 4 rings (SSSR count). The zero-order valence-corrected chi connectivity index (χ0v) is 17.7. The predicted molar refractivity (Wildman–Crippen MR) is 113 cm³/mol. The lowest BCUT2D eigenvalue weighted by atomic mass is 9.87. The molecule has 6 nitrogen and oxygen atoms in total. The number of hydrogen-bond acceptors (Lipinski definition) is 5. The van der Waals surface area contributed by atoms with Gasteiger partial charge >= 0.3 is 0 Å². The van der Waals surface area contributed by atoms with Crippen molar-refractivity contribution in [2.24, 2.45) is 10.9 Å². The number of benzene rings is 1. The average molecular weight is 423 g/mol. The minimum absolute atomic E-state index is 0.0756. The van der Waals surface area contributed by atoms with Crippen LogP contribution in [0, 0.1) is 5.92 Å². The highest BCUT2D eigenvalue weighted by molar-refractivity contribution is 8.16. The number of amidine groups is 1. The van der Waals surface area contributed by atoms with Crippen LogP contribution in [-0.4, -0.2) is 49.4 Å². The van der Waals surface area contributed by atoms with Crippen molar-refractivity contribution in [3.05, 3.63) is 24.3 Å². The van der Waals surface area contributed by atoms with Crippen LogP contribution in [0.25, 0.3) is 0 Å². The summed E-state index contributed by atoms with van der Waals surface area (Å²) in [6.45, 7) is 0. The molecule has 8 heteroatoms. The Morgan fingerprint density at radius 3 is 2.57 bits per heavy atom. The normalized spacial score (nSPS) is 28.5. The van der Waals surface area contributed by atoms with E-state index in [1.54, 1.807) is 7.11 Å². The van der Waals surface area contributed by atoms with Crippen LogP contribution in [0.15, 0.2) is 29.3 Å². The van der Waals surface area contributed by atoms with Gasteiger partial charge in [0.2, 0.25) is 5.91 Å². The van der Waals surface area contributed by atoms with E-state index >= 15 is 0 Å². The molecule has 1 amide bonds. The number of hydrogen-bond donors (Lipinski definition) is 0. The van der Waals surface area contributed by atoms with E-state index in [0.29, 0.717) is 17.5 Å². The van der Waals surface area contributed by atoms with Gasteiger partial charge in [0, 0.05) is 17.4 Å². The van der Waals surface area contributed by atoms with Gasteiger partial charge in [0.25, 0.3) is 0 Å². The van der Waals surface area contributed by atoms with Gasteiger partial charge in [-0.15, -0.1) is 0 Å². The molecule has 0 bridgehead atoms. The van der Waals surface area contributed by atoms with Crippen LogP contribution < -0.4 is 9.64 Å². The molecule has 3 fully saturated rings. The van der Waals surface area contributed by atoms with Crippen molar-refractivity contribution in [1.29, 1.82) is 0 Å². The second kappa shape index (κ2) is 8.06. The van der Waals surface area contributed by atoms with Gasteiger partial charge in [-0.2, -0.15) is 4.99 Å². The van der Waals surface area contributed by atoms with Crippen LogP contribution in [0.3, 0.4) is 0 Å². The quantitative estimate of drug-likeness (QED) is 0.741. The van der Waals surface area contributed by atoms with Crippen LogP contribution in [0.2, 0.25) is 0 Å². The van der Waals surface area contributed by atoms with Gasteiger partial charge in [-0.3, -0.25) is 4.79 Å². The summed E-state index contributed by atoms with van der Waals surface area (Å²) >= 11 is 1.43. The minimum atomic E-state index is -3.06. The largest absolute Gasteiger partial charge is 0.497 e. The minimum Gasteiger partial charge on any atom is -0.497 e. The Labute approximate surface area is 170 Å². The highest BCUT2D eigenvalue weighted by atomic mass is 32.2. The molecule has 2 atom stereocenters. The topological polar surface area (TPSA) is 76.0 Å². The summed E-state index contributed by atoms with van der Waals surface area (Å²) in [4.78, 5) is 19.0. The maximum Gasteiger partial charge on any atom is 0.248 e. The smallest absolute Gasteiger partial charge is 0.248 e. The van der Waals surface area contributed by atoms with Gasteiger partial charge in [0.05, 0.1) is 24.7 Å². The van der Waals surface area contributed by atoms with Gasteiger partial charge in [-0.1, -0.05) is 31.0 Å². The van der Waals surface area contributed by atoms with Gasteiger partial charge in [-0.05, 0) is 43.0 Å². The number of ether oxygens (including phenoxy) is 1. The van der Waals surface area contributed by atoms with Crippen LogP contribution in [-0.2, 0) is 14.6 Å². The van der Waals surface area contributed by atoms with Gasteiger partial charge in [0.15, 0.2) is 15.0 Å². The molecule has 0 radical (unpaired) electrons. The number of fused-ring (bicyclic) bond motifs is 1. The predicted octanol–water partition coefficient (Wildman–Crippen LogP) is 3.27. The van der Waals surface area contributed by atoms with Crippen LogP contribution in [0.5, 0.6) is 5.75 Å². The van der Waals surface area contributed by atoms with E-state index < -0.39 is 9.84 Å². The lowest BCUT2D eigenvalue weighted by Crippen LogP contribution is -2.37. The molecular formula is C20H26N2O4S2. The molecule has 1 saturated carbocycles. The van der Waals surface area contributed by atoms with Crippen LogP contribution in [0.1, 0.15) is 38.5 Å². The van der Waals surface area contributed by atoms with Crippen molar-refractivity contribution >= 4 is 38.4 Å². The molecular weight excluding hydrogens is 396 g/mol. The molecule has 1 aromatic rings. The third kappa shape index (κ3) is 4.22. The number of nitrogens with zero attached hydrogens (tertiary/aromatic N) is 2. The fourth-order valence-corrected chi connectivity index (χ4v) is 8.33. The fraction of sp³-hybridized carbons (Fsp3) is 0.600. The summed E-state index contributed by atoms with van der Waals surface area (Å²) in [6, 6.07) is 7.31. The first kappa shape index (κ1) is 19.8. The fourth-order valence-electron chi connectivity index (χ4n) is 4.40.